The van der Waals surface area contributed by atoms with Crippen molar-refractivity contribution in [2.24, 2.45) is 0 Å². The van der Waals surface area contributed by atoms with E-state index in [2.05, 4.69) is 5.32 Å². The van der Waals surface area contributed by atoms with E-state index >= 15 is 0 Å². The fourth-order valence-electron chi connectivity index (χ4n) is 1.51. The molecule has 1 aromatic carbocycles. The predicted molar refractivity (Wildman–Crippen MR) is 69.5 cm³/mol. The van der Waals surface area contributed by atoms with Crippen LogP contribution in [0.1, 0.15) is 26.2 Å². The molecule has 1 rings (SSSR count). The Labute approximate surface area is 107 Å². The molecule has 4 nitrogen and oxygen atoms in total. The summed E-state index contributed by atoms with van der Waals surface area (Å²) in [5.74, 6) is 0.371. The summed E-state index contributed by atoms with van der Waals surface area (Å²) in [6.07, 6.45) is 3.37. The van der Waals surface area contributed by atoms with Gasteiger partial charge in [-0.1, -0.05) is 38.0 Å². The SMILES string of the molecule is CCCCC(C=O)NC(=O)COc1ccccc1. The summed E-state index contributed by atoms with van der Waals surface area (Å²) in [5.41, 5.74) is 0. The number of hydrogen-bond donors (Lipinski definition) is 1. The number of nitrogens with one attached hydrogen (secondary N) is 1. The number of carbonyl (C=O) groups is 2. The van der Waals surface area contributed by atoms with Crippen molar-refractivity contribution in [3.05, 3.63) is 30.3 Å². The standard InChI is InChI=1S/C14H19NO3/c1-2-3-7-12(10-16)15-14(17)11-18-13-8-5-4-6-9-13/h4-6,8-10,12H,2-3,7,11H2,1H3,(H,15,17). The van der Waals surface area contributed by atoms with Gasteiger partial charge in [0.2, 0.25) is 0 Å². The lowest BCUT2D eigenvalue weighted by molar-refractivity contribution is -0.125. The highest BCUT2D eigenvalue weighted by Gasteiger charge is 2.10. The lowest BCUT2D eigenvalue weighted by atomic mass is 10.1. The normalized spacial score (nSPS) is 11.6. The van der Waals surface area contributed by atoms with Crippen molar-refractivity contribution in [2.45, 2.75) is 32.2 Å². The maximum atomic E-state index is 11.6. The molecule has 0 heterocycles. The second-order valence-corrected chi connectivity index (χ2v) is 4.05. The molecule has 98 valence electrons. The first-order chi connectivity index (χ1) is 8.76. The number of ether oxygens (including phenoxy) is 1. The van der Waals surface area contributed by atoms with Crippen molar-refractivity contribution in [1.29, 1.82) is 0 Å². The van der Waals surface area contributed by atoms with Gasteiger partial charge >= 0.3 is 0 Å². The van der Waals surface area contributed by atoms with Gasteiger partial charge in [0, 0.05) is 0 Å². The minimum Gasteiger partial charge on any atom is -0.484 e. The number of carbonyl (C=O) groups excluding carboxylic acids is 2. The van der Waals surface area contributed by atoms with Crippen LogP contribution in [0.5, 0.6) is 5.75 Å². The Hall–Kier alpha value is -1.84. The molecule has 0 aromatic heterocycles. The van der Waals surface area contributed by atoms with Crippen LogP contribution in [-0.2, 0) is 9.59 Å². The summed E-state index contributed by atoms with van der Waals surface area (Å²) in [4.78, 5) is 22.3. The lowest BCUT2D eigenvalue weighted by Crippen LogP contribution is -2.38. The highest BCUT2D eigenvalue weighted by molar-refractivity contribution is 5.80. The highest BCUT2D eigenvalue weighted by atomic mass is 16.5. The number of rotatable bonds is 8. The van der Waals surface area contributed by atoms with Crippen LogP contribution >= 0.6 is 0 Å². The molecule has 0 radical (unpaired) electrons. The van der Waals surface area contributed by atoms with E-state index < -0.39 is 6.04 Å². The molecule has 0 spiro atoms. The Morgan fingerprint density at radius 3 is 2.72 bits per heavy atom. The molecule has 4 heteroatoms. The molecule has 0 aliphatic rings. The van der Waals surface area contributed by atoms with Crippen LogP contribution < -0.4 is 10.1 Å². The van der Waals surface area contributed by atoms with E-state index in [1.807, 2.05) is 25.1 Å². The first kappa shape index (κ1) is 14.2. The van der Waals surface area contributed by atoms with E-state index in [-0.39, 0.29) is 12.5 Å². The fraction of sp³-hybridized carbons (Fsp3) is 0.429. The van der Waals surface area contributed by atoms with Crippen molar-refractivity contribution in [2.75, 3.05) is 6.61 Å². The molecular formula is C14H19NO3. The van der Waals surface area contributed by atoms with Gasteiger partial charge in [-0.15, -0.1) is 0 Å². The lowest BCUT2D eigenvalue weighted by Gasteiger charge is -2.12. The van der Waals surface area contributed by atoms with Crippen LogP contribution in [0.25, 0.3) is 0 Å². The van der Waals surface area contributed by atoms with Crippen LogP contribution in [0.3, 0.4) is 0 Å². The number of benzene rings is 1. The Morgan fingerprint density at radius 1 is 1.39 bits per heavy atom. The Balaban J connectivity index is 2.30. The fourth-order valence-corrected chi connectivity index (χ4v) is 1.51. The Kier molecular flexibility index (Phi) is 6.54. The summed E-state index contributed by atoms with van der Waals surface area (Å²) in [5, 5.41) is 2.64. The number of hydrogen-bond acceptors (Lipinski definition) is 3. The Bertz CT molecular complexity index is 365. The zero-order valence-electron chi connectivity index (χ0n) is 10.6. The molecular weight excluding hydrogens is 230 g/mol. The summed E-state index contributed by atoms with van der Waals surface area (Å²) in [7, 11) is 0. The molecule has 0 bridgehead atoms. The largest absolute Gasteiger partial charge is 0.484 e. The third kappa shape index (κ3) is 5.48. The summed E-state index contributed by atoms with van der Waals surface area (Å²) in [6, 6.07) is 8.70. The third-order valence-electron chi connectivity index (χ3n) is 2.49. The molecule has 0 fully saturated rings. The van der Waals surface area contributed by atoms with Gasteiger partial charge in [0.1, 0.15) is 12.0 Å². The molecule has 0 saturated carbocycles. The quantitative estimate of drug-likeness (QED) is 0.716. The number of aldehydes is 1. The number of amides is 1. The van der Waals surface area contributed by atoms with Gasteiger partial charge in [-0.2, -0.15) is 0 Å². The van der Waals surface area contributed by atoms with Gasteiger partial charge in [-0.05, 0) is 18.6 Å². The highest BCUT2D eigenvalue weighted by Crippen LogP contribution is 2.07. The minimum absolute atomic E-state index is 0.0690. The smallest absolute Gasteiger partial charge is 0.258 e. The molecule has 0 saturated heterocycles. The minimum atomic E-state index is -0.406. The molecule has 1 unspecified atom stereocenters. The van der Waals surface area contributed by atoms with Gasteiger partial charge in [0.25, 0.3) is 5.91 Å². The average molecular weight is 249 g/mol. The van der Waals surface area contributed by atoms with Crippen molar-refractivity contribution >= 4 is 12.2 Å². The molecule has 0 aliphatic carbocycles. The van der Waals surface area contributed by atoms with E-state index in [1.165, 1.54) is 0 Å². The van der Waals surface area contributed by atoms with Crippen molar-refractivity contribution in [3.63, 3.8) is 0 Å². The zero-order valence-corrected chi connectivity index (χ0v) is 10.6. The summed E-state index contributed by atoms with van der Waals surface area (Å²) >= 11 is 0. The van der Waals surface area contributed by atoms with Crippen molar-refractivity contribution < 1.29 is 14.3 Å². The second kappa shape index (κ2) is 8.28. The monoisotopic (exact) mass is 249 g/mol. The van der Waals surface area contributed by atoms with Gasteiger partial charge in [0.15, 0.2) is 6.61 Å². The molecule has 0 aliphatic heterocycles. The van der Waals surface area contributed by atoms with E-state index in [9.17, 15) is 9.59 Å². The predicted octanol–water partition coefficient (Wildman–Crippen LogP) is 1.94. The summed E-state index contributed by atoms with van der Waals surface area (Å²) < 4.78 is 5.29. The van der Waals surface area contributed by atoms with Crippen LogP contribution in [0.15, 0.2) is 30.3 Å². The van der Waals surface area contributed by atoms with E-state index in [0.29, 0.717) is 12.2 Å². The van der Waals surface area contributed by atoms with Crippen LogP contribution in [0.2, 0.25) is 0 Å². The molecule has 1 N–H and O–H groups in total. The molecule has 1 amide bonds. The van der Waals surface area contributed by atoms with Gasteiger partial charge in [0.05, 0.1) is 6.04 Å². The summed E-state index contributed by atoms with van der Waals surface area (Å²) in [6.45, 7) is 1.97. The van der Waals surface area contributed by atoms with Crippen molar-refractivity contribution in [1.82, 2.24) is 5.32 Å². The first-order valence-corrected chi connectivity index (χ1v) is 6.18. The zero-order chi connectivity index (χ0) is 13.2. The third-order valence-corrected chi connectivity index (χ3v) is 2.49. The van der Waals surface area contributed by atoms with E-state index in [1.54, 1.807) is 12.1 Å². The maximum Gasteiger partial charge on any atom is 0.258 e. The van der Waals surface area contributed by atoms with Gasteiger partial charge in [-0.3, -0.25) is 4.79 Å². The topological polar surface area (TPSA) is 55.4 Å². The van der Waals surface area contributed by atoms with Gasteiger partial charge < -0.3 is 14.8 Å². The number of para-hydroxylation sites is 1. The molecule has 18 heavy (non-hydrogen) atoms. The Morgan fingerprint density at radius 2 is 2.11 bits per heavy atom. The first-order valence-electron chi connectivity index (χ1n) is 6.18. The van der Waals surface area contributed by atoms with E-state index in [0.717, 1.165) is 19.1 Å². The van der Waals surface area contributed by atoms with E-state index in [4.69, 9.17) is 4.74 Å². The number of unbranched alkanes of at least 4 members (excludes halogenated alkanes) is 1. The second-order valence-electron chi connectivity index (χ2n) is 4.05. The average Bonchev–Trinajstić information content (AvgIpc) is 2.42. The molecule has 1 aromatic rings. The van der Waals surface area contributed by atoms with Crippen LogP contribution in [-0.4, -0.2) is 24.8 Å². The van der Waals surface area contributed by atoms with Crippen molar-refractivity contribution in [3.8, 4) is 5.75 Å². The molecule has 1 atom stereocenters. The van der Waals surface area contributed by atoms with Crippen LogP contribution in [0.4, 0.5) is 0 Å². The van der Waals surface area contributed by atoms with Crippen LogP contribution in [0, 0.1) is 0 Å². The van der Waals surface area contributed by atoms with Gasteiger partial charge in [-0.25, -0.2) is 0 Å². The maximum absolute atomic E-state index is 11.6.